The lowest BCUT2D eigenvalue weighted by Gasteiger charge is -2.49. The lowest BCUT2D eigenvalue weighted by Crippen LogP contribution is -2.69. The van der Waals surface area contributed by atoms with E-state index in [4.69, 9.17) is 42.2 Å². The van der Waals surface area contributed by atoms with Gasteiger partial charge in [0.15, 0.2) is 18.7 Å². The summed E-state index contributed by atoms with van der Waals surface area (Å²) in [6.45, 7) is 3.43. The van der Waals surface area contributed by atoms with Crippen LogP contribution in [0.2, 0.25) is 0 Å². The molecule has 0 radical (unpaired) electrons. The van der Waals surface area contributed by atoms with Crippen LogP contribution in [0.3, 0.4) is 0 Å². The molecular weight excluding hydrogens is 1270 g/mol. The number of hydrogen-bond donors (Lipinski definition) is 11. The second kappa shape index (κ2) is 53.5. The maximum atomic E-state index is 14.3. The summed E-state index contributed by atoms with van der Waals surface area (Å²) in [5.41, 5.74) is 0. The van der Waals surface area contributed by atoms with E-state index in [1.807, 2.05) is 0 Å². The van der Waals surface area contributed by atoms with Gasteiger partial charge in [-0.1, -0.05) is 238 Å². The number of rotatable bonds is 58. The van der Waals surface area contributed by atoms with Crippen molar-refractivity contribution in [1.82, 2.24) is 0 Å². The Labute approximate surface area is 573 Å². The summed E-state index contributed by atoms with van der Waals surface area (Å²) in [6, 6.07) is 0. The van der Waals surface area contributed by atoms with Gasteiger partial charge in [0.2, 0.25) is 0 Å². The summed E-state index contributed by atoms with van der Waals surface area (Å²) in [5, 5.41) is 110. The van der Waals surface area contributed by atoms with Crippen molar-refractivity contribution in [1.29, 1.82) is 0 Å². The normalized spacial score (nSPS) is 28.0. The standard InChI is InChI=1S/C71H131O24P/c1-4-7-10-13-16-19-22-25-27-29-31-34-36-39-42-45-55(73)87-49-52(90-57(75)47-44-41-38-35-32-28-26-23-20-17-14-11-8-5-2)50-89-96(85,86)95-69-67(93-70-65(83)60(78)58(76)53(48-72)91-70)63(81)62(80)64(82)68(69)94-71-66(84)61(79)59(77)54(92-71)51-88-56(74)46-43-40-37-33-30-24-21-18-15-12-9-6-3/h28,32,52-54,58-72,76-84H,4-27,29-31,33-51H2,1-3H3,(H,85,86)/b32-28-. The van der Waals surface area contributed by atoms with E-state index in [1.165, 1.54) is 141 Å². The Morgan fingerprint density at radius 1 is 0.396 bits per heavy atom. The molecule has 0 bridgehead atoms. The zero-order chi connectivity index (χ0) is 70.4. The highest BCUT2D eigenvalue weighted by Crippen LogP contribution is 2.49. The van der Waals surface area contributed by atoms with Crippen molar-refractivity contribution < 1.29 is 117 Å². The Hall–Kier alpha value is -2.30. The van der Waals surface area contributed by atoms with E-state index >= 15 is 0 Å². The minimum atomic E-state index is -5.70. The van der Waals surface area contributed by atoms with Crippen molar-refractivity contribution in [2.45, 2.75) is 395 Å². The molecule has 18 atom stereocenters. The Kier molecular flexibility index (Phi) is 49.0. The number of carbonyl (C=O) groups excluding carboxylic acids is 3. The number of phosphoric ester groups is 1. The van der Waals surface area contributed by atoms with E-state index in [-0.39, 0.29) is 19.3 Å². The van der Waals surface area contributed by atoms with Crippen LogP contribution in [0.15, 0.2) is 12.2 Å². The van der Waals surface area contributed by atoms with Gasteiger partial charge in [-0.3, -0.25) is 23.4 Å². The fraction of sp³-hybridized carbons (Fsp3) is 0.930. The molecule has 3 fully saturated rings. The molecule has 2 aliphatic heterocycles. The van der Waals surface area contributed by atoms with Gasteiger partial charge < -0.3 is 89.1 Å². The molecule has 3 rings (SSSR count). The average molecular weight is 1400 g/mol. The van der Waals surface area contributed by atoms with Crippen LogP contribution in [0.1, 0.15) is 290 Å². The molecule has 11 N–H and O–H groups in total. The molecule has 0 aromatic carbocycles. The SMILES string of the molecule is CCCCCCCCC/C=C\CCCCCC(=O)OC(COC(=O)CCCCCCCCCCCCCCCCC)COP(=O)(O)OC1C(OC2OC(CO)C(O)C(O)C2O)C(O)C(O)C(O)C1OC1OC(COC(=O)CCCCCCCCCCCCCC)C(O)C(O)C1O. The average Bonchev–Trinajstić information content (AvgIpc) is 0.764. The second-order valence-electron chi connectivity index (χ2n) is 27.0. The highest BCUT2D eigenvalue weighted by Gasteiger charge is 2.58. The lowest BCUT2D eigenvalue weighted by atomic mass is 9.84. The van der Waals surface area contributed by atoms with Crippen LogP contribution in [0.4, 0.5) is 0 Å². The number of hydrogen-bond acceptors (Lipinski definition) is 23. The summed E-state index contributed by atoms with van der Waals surface area (Å²) in [7, 11) is -5.70. The predicted molar refractivity (Wildman–Crippen MR) is 361 cm³/mol. The summed E-state index contributed by atoms with van der Waals surface area (Å²) in [4.78, 5) is 50.9. The molecule has 1 saturated carbocycles. The number of carbonyl (C=O) groups is 3. The van der Waals surface area contributed by atoms with E-state index in [1.54, 1.807) is 0 Å². The number of aliphatic hydroxyl groups excluding tert-OH is 10. The second-order valence-corrected chi connectivity index (χ2v) is 28.4. The van der Waals surface area contributed by atoms with E-state index < -0.39 is 156 Å². The number of allylic oxidation sites excluding steroid dienone is 2. The smallest absolute Gasteiger partial charge is 0.463 e. The van der Waals surface area contributed by atoms with Crippen LogP contribution in [0.5, 0.6) is 0 Å². The van der Waals surface area contributed by atoms with Crippen LogP contribution in [-0.4, -0.2) is 204 Å². The molecule has 25 heteroatoms. The van der Waals surface area contributed by atoms with Gasteiger partial charge in [0.05, 0.1) is 13.2 Å². The minimum Gasteiger partial charge on any atom is -0.463 e. The van der Waals surface area contributed by atoms with Crippen LogP contribution in [-0.2, 0) is 61.2 Å². The topological polar surface area (TPSA) is 374 Å². The quantitative estimate of drug-likeness (QED) is 0.00886. The summed E-state index contributed by atoms with van der Waals surface area (Å²) in [6.07, 6.45) is 11.4. The predicted octanol–water partition coefficient (Wildman–Crippen LogP) is 9.96. The molecule has 24 nitrogen and oxygen atoms in total. The third-order valence-electron chi connectivity index (χ3n) is 18.5. The first kappa shape index (κ1) is 87.9. The first-order valence-electron chi connectivity index (χ1n) is 37.5. The molecule has 0 spiro atoms. The molecule has 0 amide bonds. The highest BCUT2D eigenvalue weighted by molar-refractivity contribution is 7.47. The van der Waals surface area contributed by atoms with Crippen molar-refractivity contribution in [3.05, 3.63) is 12.2 Å². The van der Waals surface area contributed by atoms with Gasteiger partial charge in [0, 0.05) is 19.3 Å². The highest BCUT2D eigenvalue weighted by atomic mass is 31.2. The van der Waals surface area contributed by atoms with Crippen molar-refractivity contribution in [3.63, 3.8) is 0 Å². The Balaban J connectivity index is 1.74. The number of esters is 3. The van der Waals surface area contributed by atoms with Crippen molar-refractivity contribution in [2.75, 3.05) is 26.4 Å². The van der Waals surface area contributed by atoms with Gasteiger partial charge in [-0.15, -0.1) is 0 Å². The van der Waals surface area contributed by atoms with Crippen LogP contribution in [0.25, 0.3) is 0 Å². The first-order valence-corrected chi connectivity index (χ1v) is 39.0. The number of ether oxygens (including phenoxy) is 7. The Morgan fingerprint density at radius 2 is 0.729 bits per heavy atom. The van der Waals surface area contributed by atoms with Gasteiger partial charge in [-0.05, 0) is 44.9 Å². The summed E-state index contributed by atoms with van der Waals surface area (Å²) < 4.78 is 65.0. The van der Waals surface area contributed by atoms with Crippen molar-refractivity contribution >= 4 is 25.7 Å². The summed E-state index contributed by atoms with van der Waals surface area (Å²) >= 11 is 0. The van der Waals surface area contributed by atoms with Crippen LogP contribution < -0.4 is 0 Å². The molecule has 96 heavy (non-hydrogen) atoms. The molecule has 18 unspecified atom stereocenters. The van der Waals surface area contributed by atoms with Gasteiger partial charge in [0.1, 0.15) is 98.7 Å². The minimum absolute atomic E-state index is 0.0313. The van der Waals surface area contributed by atoms with Crippen LogP contribution in [0, 0.1) is 0 Å². The Morgan fingerprint density at radius 3 is 1.14 bits per heavy atom. The molecule has 2 saturated heterocycles. The molecule has 2 heterocycles. The molecule has 3 aliphatic rings. The van der Waals surface area contributed by atoms with E-state index in [9.17, 15) is 74.9 Å². The molecule has 1 aliphatic carbocycles. The molecule has 0 aromatic heterocycles. The van der Waals surface area contributed by atoms with E-state index in [2.05, 4.69) is 32.9 Å². The molecule has 0 aromatic rings. The Bertz CT molecular complexity index is 2040. The van der Waals surface area contributed by atoms with Crippen LogP contribution >= 0.6 is 7.82 Å². The van der Waals surface area contributed by atoms with Gasteiger partial charge in [-0.25, -0.2) is 4.57 Å². The maximum Gasteiger partial charge on any atom is 0.472 e. The van der Waals surface area contributed by atoms with Gasteiger partial charge in [-0.2, -0.15) is 0 Å². The van der Waals surface area contributed by atoms with E-state index in [0.29, 0.717) is 25.7 Å². The third-order valence-corrected chi connectivity index (χ3v) is 19.5. The largest absolute Gasteiger partial charge is 0.472 e. The number of unbranched alkanes of at least 4 members (excludes halogenated alkanes) is 35. The zero-order valence-electron chi connectivity index (χ0n) is 58.7. The molecule has 564 valence electrons. The zero-order valence-corrected chi connectivity index (χ0v) is 59.6. The lowest BCUT2D eigenvalue weighted by molar-refractivity contribution is -0.360. The van der Waals surface area contributed by atoms with Crippen molar-refractivity contribution in [3.8, 4) is 0 Å². The third kappa shape index (κ3) is 36.5. The fourth-order valence-corrected chi connectivity index (χ4v) is 13.4. The molecular formula is C71H131O24P. The van der Waals surface area contributed by atoms with Gasteiger partial charge >= 0.3 is 25.7 Å². The van der Waals surface area contributed by atoms with E-state index in [0.717, 1.165) is 83.5 Å². The number of phosphoric acid groups is 1. The van der Waals surface area contributed by atoms with Gasteiger partial charge in [0.25, 0.3) is 0 Å². The summed E-state index contributed by atoms with van der Waals surface area (Å²) in [5.74, 6) is -2.00. The first-order chi connectivity index (χ1) is 46.3. The van der Waals surface area contributed by atoms with Crippen molar-refractivity contribution in [2.24, 2.45) is 0 Å². The maximum absolute atomic E-state index is 14.3. The number of aliphatic hydroxyl groups is 10. The fourth-order valence-electron chi connectivity index (χ4n) is 12.4. The monoisotopic (exact) mass is 1400 g/mol.